The minimum absolute atomic E-state index is 0.0599. The van der Waals surface area contributed by atoms with E-state index < -0.39 is 0 Å². The Morgan fingerprint density at radius 2 is 1.39 bits per heavy atom. The molecule has 0 aromatic carbocycles. The lowest BCUT2D eigenvalue weighted by molar-refractivity contribution is -0.160. The Morgan fingerprint density at radius 1 is 0.913 bits per heavy atom. The van der Waals surface area contributed by atoms with Gasteiger partial charge < -0.3 is 14.9 Å². The van der Waals surface area contributed by atoms with Gasteiger partial charge in [0.25, 0.3) is 0 Å². The predicted octanol–water partition coefficient (Wildman–Crippen LogP) is 2.57. The third-order valence-corrected chi connectivity index (χ3v) is 4.74. The highest BCUT2D eigenvalue weighted by Gasteiger charge is 2.40. The number of hydrogen-bond acceptors (Lipinski definition) is 3. The van der Waals surface area contributed by atoms with Crippen LogP contribution in [-0.4, -0.2) is 58.0 Å². The van der Waals surface area contributed by atoms with Crippen LogP contribution in [0, 0.1) is 0 Å². The van der Waals surface area contributed by atoms with Crippen LogP contribution in [0.15, 0.2) is 0 Å². The van der Waals surface area contributed by atoms with E-state index in [1.54, 1.807) is 16.7 Å². The summed E-state index contributed by atoms with van der Waals surface area (Å²) in [6.45, 7) is 8.90. The van der Waals surface area contributed by atoms with Crippen molar-refractivity contribution in [3.8, 4) is 0 Å². The molecule has 1 saturated heterocycles. The van der Waals surface area contributed by atoms with E-state index in [0.717, 1.165) is 32.1 Å². The lowest BCUT2D eigenvalue weighted by Gasteiger charge is -2.43. The first-order valence-corrected chi connectivity index (χ1v) is 9.19. The summed E-state index contributed by atoms with van der Waals surface area (Å²) in [5.74, 6) is 0.133. The first kappa shape index (κ1) is 19.9. The number of hydrogen-bond donors (Lipinski definition) is 1. The van der Waals surface area contributed by atoms with Gasteiger partial charge >= 0.3 is 0 Å². The molecule has 0 bridgehead atoms. The summed E-state index contributed by atoms with van der Waals surface area (Å²) >= 11 is 0. The van der Waals surface area contributed by atoms with Crippen LogP contribution >= 0.6 is 0 Å². The number of aliphatic hydroxyl groups is 1. The van der Waals surface area contributed by atoms with E-state index in [2.05, 4.69) is 6.92 Å². The van der Waals surface area contributed by atoms with Gasteiger partial charge in [0.15, 0.2) is 0 Å². The second-order valence-corrected chi connectivity index (χ2v) is 6.82. The largest absolute Gasteiger partial charge is 0.393 e. The summed E-state index contributed by atoms with van der Waals surface area (Å²) in [5, 5.41) is 9.29. The maximum atomic E-state index is 12.6. The Hall–Kier alpha value is -1.10. The Kier molecular flexibility index (Phi) is 8.59. The summed E-state index contributed by atoms with van der Waals surface area (Å²) < 4.78 is 0. The van der Waals surface area contributed by atoms with Gasteiger partial charge in [0, 0.05) is 13.1 Å². The second kappa shape index (κ2) is 9.91. The van der Waals surface area contributed by atoms with Crippen molar-refractivity contribution in [3.05, 3.63) is 0 Å². The molecule has 0 radical (unpaired) electrons. The average Bonchev–Trinajstić information content (AvgIpc) is 2.51. The van der Waals surface area contributed by atoms with Gasteiger partial charge in [-0.15, -0.1) is 0 Å². The van der Waals surface area contributed by atoms with Crippen LogP contribution in [0.1, 0.15) is 72.6 Å². The van der Waals surface area contributed by atoms with Crippen molar-refractivity contribution in [1.29, 1.82) is 0 Å². The minimum Gasteiger partial charge on any atom is -0.393 e. The van der Waals surface area contributed by atoms with E-state index in [0.29, 0.717) is 13.1 Å². The van der Waals surface area contributed by atoms with Gasteiger partial charge in [-0.25, -0.2) is 0 Å². The van der Waals surface area contributed by atoms with Gasteiger partial charge in [0.05, 0.1) is 6.10 Å². The molecule has 1 rings (SSSR count). The number of piperazine rings is 1. The van der Waals surface area contributed by atoms with Crippen LogP contribution in [0.5, 0.6) is 0 Å². The third kappa shape index (κ3) is 5.79. The Balaban J connectivity index is 2.53. The molecule has 1 aliphatic rings. The van der Waals surface area contributed by atoms with Gasteiger partial charge in [-0.1, -0.05) is 26.2 Å². The number of carbonyl (C=O) groups excluding carboxylic acids is 2. The molecule has 1 fully saturated rings. The highest BCUT2D eigenvalue weighted by atomic mass is 16.3. The number of carbonyl (C=O) groups is 2. The van der Waals surface area contributed by atoms with Crippen LogP contribution < -0.4 is 0 Å². The van der Waals surface area contributed by atoms with Crippen molar-refractivity contribution in [2.75, 3.05) is 13.1 Å². The van der Waals surface area contributed by atoms with E-state index in [9.17, 15) is 14.7 Å². The average molecular weight is 326 g/mol. The lowest BCUT2D eigenvalue weighted by atomic mass is 10.0. The summed E-state index contributed by atoms with van der Waals surface area (Å²) in [7, 11) is 0. The number of unbranched alkanes of at least 4 members (excludes halogenated alkanes) is 4. The number of amides is 2. The minimum atomic E-state index is -0.364. The van der Waals surface area contributed by atoms with Crippen molar-refractivity contribution in [2.45, 2.75) is 90.8 Å². The monoisotopic (exact) mass is 326 g/mol. The van der Waals surface area contributed by atoms with Crippen molar-refractivity contribution in [2.24, 2.45) is 0 Å². The molecule has 2 amide bonds. The normalized spacial score (nSPS) is 23.5. The molecule has 0 spiro atoms. The Morgan fingerprint density at radius 3 is 1.83 bits per heavy atom. The van der Waals surface area contributed by atoms with Crippen LogP contribution in [0.3, 0.4) is 0 Å². The highest BCUT2D eigenvalue weighted by Crippen LogP contribution is 2.20. The second-order valence-electron chi connectivity index (χ2n) is 6.82. The molecule has 2 unspecified atom stereocenters. The molecular weight excluding hydrogens is 292 g/mol. The summed E-state index contributed by atoms with van der Waals surface area (Å²) in [5.41, 5.74) is 0. The van der Waals surface area contributed by atoms with Crippen molar-refractivity contribution >= 4 is 11.8 Å². The molecule has 0 aromatic rings. The van der Waals surface area contributed by atoms with Crippen molar-refractivity contribution in [1.82, 2.24) is 9.80 Å². The molecule has 1 heterocycles. The molecule has 0 saturated carbocycles. The third-order valence-electron chi connectivity index (χ3n) is 4.74. The molecule has 0 aromatic heterocycles. The van der Waals surface area contributed by atoms with E-state index in [-0.39, 0.29) is 30.0 Å². The molecular formula is C18H34N2O3. The maximum Gasteiger partial charge on any atom is 0.245 e. The van der Waals surface area contributed by atoms with Crippen LogP contribution in [-0.2, 0) is 9.59 Å². The molecule has 3 atom stereocenters. The van der Waals surface area contributed by atoms with Gasteiger partial charge in [-0.05, 0) is 46.5 Å². The summed E-state index contributed by atoms with van der Waals surface area (Å²) in [4.78, 5) is 28.7. The van der Waals surface area contributed by atoms with Gasteiger partial charge in [0.2, 0.25) is 11.8 Å². The molecule has 23 heavy (non-hydrogen) atoms. The zero-order valence-corrected chi connectivity index (χ0v) is 15.3. The van der Waals surface area contributed by atoms with Crippen LogP contribution in [0.4, 0.5) is 0 Å². The molecule has 1 N–H and O–H groups in total. The first-order valence-electron chi connectivity index (χ1n) is 9.19. The SMILES string of the molecule is CCCCCCN1C(=O)C(C)N(CCCC[C@@H](C)O)C(=O)C1C. The number of aliphatic hydroxyl groups excluding tert-OH is 1. The predicted molar refractivity (Wildman–Crippen MR) is 92.0 cm³/mol. The standard InChI is InChI=1S/C18H34N2O3/c1-5-6-7-9-12-19-15(3)18(23)20(16(4)17(19)22)13-10-8-11-14(2)21/h14-16,21H,5-13H2,1-4H3/t14-,15?,16?/m1/s1. The van der Waals surface area contributed by atoms with Gasteiger partial charge in [0.1, 0.15) is 12.1 Å². The van der Waals surface area contributed by atoms with E-state index in [4.69, 9.17) is 0 Å². The lowest BCUT2D eigenvalue weighted by Crippen LogP contribution is -2.63. The molecule has 5 heteroatoms. The molecule has 134 valence electrons. The fraction of sp³-hybridized carbons (Fsp3) is 0.889. The fourth-order valence-electron chi connectivity index (χ4n) is 3.17. The van der Waals surface area contributed by atoms with Crippen molar-refractivity contribution in [3.63, 3.8) is 0 Å². The first-order chi connectivity index (χ1) is 10.9. The molecule has 5 nitrogen and oxygen atoms in total. The van der Waals surface area contributed by atoms with E-state index in [1.807, 2.05) is 13.8 Å². The number of nitrogens with zero attached hydrogens (tertiary/aromatic N) is 2. The van der Waals surface area contributed by atoms with Gasteiger partial charge in [-0.3, -0.25) is 9.59 Å². The zero-order valence-electron chi connectivity index (χ0n) is 15.3. The maximum absolute atomic E-state index is 12.6. The molecule has 1 aliphatic heterocycles. The van der Waals surface area contributed by atoms with E-state index >= 15 is 0 Å². The summed E-state index contributed by atoms with van der Waals surface area (Å²) in [6.07, 6.45) is 6.56. The van der Waals surface area contributed by atoms with Crippen LogP contribution in [0.25, 0.3) is 0 Å². The van der Waals surface area contributed by atoms with Gasteiger partial charge in [-0.2, -0.15) is 0 Å². The smallest absolute Gasteiger partial charge is 0.245 e. The Labute approximate surface area is 141 Å². The molecule has 0 aliphatic carbocycles. The Bertz CT molecular complexity index is 384. The quantitative estimate of drug-likeness (QED) is 0.628. The van der Waals surface area contributed by atoms with Crippen molar-refractivity contribution < 1.29 is 14.7 Å². The summed E-state index contributed by atoms with van der Waals surface area (Å²) in [6, 6.07) is -0.714. The number of rotatable bonds is 10. The van der Waals surface area contributed by atoms with E-state index in [1.165, 1.54) is 12.8 Å². The topological polar surface area (TPSA) is 60.9 Å². The highest BCUT2D eigenvalue weighted by molar-refractivity contribution is 5.96. The fourth-order valence-corrected chi connectivity index (χ4v) is 3.17. The van der Waals surface area contributed by atoms with Crippen LogP contribution in [0.2, 0.25) is 0 Å². The zero-order chi connectivity index (χ0) is 17.4.